The average molecular weight is 364 g/mol. The molecule has 1 aromatic carbocycles. The van der Waals surface area contributed by atoms with E-state index in [2.05, 4.69) is 10.5 Å². The molecule has 134 valence electrons. The van der Waals surface area contributed by atoms with Gasteiger partial charge in [0.2, 0.25) is 11.8 Å². The number of likely N-dealkylation sites (N-methyl/N-ethyl adjacent to an activating group) is 1. The van der Waals surface area contributed by atoms with Gasteiger partial charge in [0.15, 0.2) is 5.82 Å². The third-order valence-corrected chi connectivity index (χ3v) is 4.07. The maximum atomic E-state index is 12.8. The lowest BCUT2D eigenvalue weighted by molar-refractivity contribution is -0.135. The summed E-state index contributed by atoms with van der Waals surface area (Å²) in [6, 6.07) is 8.83. The van der Waals surface area contributed by atoms with E-state index in [0.29, 0.717) is 16.6 Å². The number of rotatable bonds is 6. The molecule has 1 N–H and O–H groups in total. The summed E-state index contributed by atoms with van der Waals surface area (Å²) in [5.74, 6) is 0.220. The van der Waals surface area contributed by atoms with Crippen molar-refractivity contribution in [1.29, 1.82) is 0 Å². The van der Waals surface area contributed by atoms with E-state index in [4.69, 9.17) is 16.1 Å². The summed E-state index contributed by atoms with van der Waals surface area (Å²) in [7, 11) is 1.61. The van der Waals surface area contributed by atoms with Crippen LogP contribution in [0, 0.1) is 12.8 Å². The van der Waals surface area contributed by atoms with Crippen molar-refractivity contribution in [3.05, 3.63) is 46.7 Å². The van der Waals surface area contributed by atoms with Gasteiger partial charge in [-0.25, -0.2) is 0 Å². The van der Waals surface area contributed by atoms with E-state index in [0.717, 1.165) is 5.56 Å². The third-order valence-electron chi connectivity index (χ3n) is 3.81. The molecule has 6 nitrogen and oxygen atoms in total. The van der Waals surface area contributed by atoms with Crippen LogP contribution in [0.5, 0.6) is 0 Å². The number of nitrogens with one attached hydrogen (secondary N) is 1. The quantitative estimate of drug-likeness (QED) is 0.852. The predicted octanol–water partition coefficient (Wildman–Crippen LogP) is 3.47. The maximum absolute atomic E-state index is 12.8. The maximum Gasteiger partial charge on any atom is 0.245 e. The van der Waals surface area contributed by atoms with Gasteiger partial charge in [-0.3, -0.25) is 9.59 Å². The first kappa shape index (κ1) is 19.0. The van der Waals surface area contributed by atoms with Gasteiger partial charge in [0.1, 0.15) is 5.76 Å². The topological polar surface area (TPSA) is 75.4 Å². The number of anilines is 1. The average Bonchev–Trinajstić information content (AvgIpc) is 2.93. The van der Waals surface area contributed by atoms with Crippen molar-refractivity contribution >= 4 is 29.2 Å². The van der Waals surface area contributed by atoms with Crippen LogP contribution in [0.2, 0.25) is 5.02 Å². The number of carbonyl (C=O) groups excluding carboxylic acids is 2. The largest absolute Gasteiger partial charge is 0.360 e. The molecule has 0 bridgehead atoms. The van der Waals surface area contributed by atoms with Gasteiger partial charge in [-0.2, -0.15) is 0 Å². The minimum atomic E-state index is -0.343. The number of nitrogens with zero attached hydrogens (tertiary/aromatic N) is 2. The molecule has 2 rings (SSSR count). The van der Waals surface area contributed by atoms with E-state index >= 15 is 0 Å². The molecule has 0 aliphatic rings. The lowest BCUT2D eigenvalue weighted by Crippen LogP contribution is -2.39. The van der Waals surface area contributed by atoms with Gasteiger partial charge in [-0.05, 0) is 30.5 Å². The highest BCUT2D eigenvalue weighted by atomic mass is 35.5. The number of aromatic nitrogens is 1. The Balaban J connectivity index is 2.05. The predicted molar refractivity (Wildman–Crippen MR) is 96.5 cm³/mol. The molecule has 7 heteroatoms. The number of hydrogen-bond acceptors (Lipinski definition) is 4. The van der Waals surface area contributed by atoms with Crippen molar-refractivity contribution in [3.63, 3.8) is 0 Å². The van der Waals surface area contributed by atoms with Gasteiger partial charge in [0, 0.05) is 18.1 Å². The molecule has 1 aromatic heterocycles. The van der Waals surface area contributed by atoms with Crippen LogP contribution in [-0.4, -0.2) is 35.5 Å². The number of halogens is 1. The Labute approximate surface area is 152 Å². The van der Waals surface area contributed by atoms with Crippen LogP contribution >= 0.6 is 11.6 Å². The van der Waals surface area contributed by atoms with E-state index in [1.165, 1.54) is 4.90 Å². The summed E-state index contributed by atoms with van der Waals surface area (Å²) in [5.41, 5.74) is 0.879. The Bertz CT molecular complexity index is 740. The molecule has 2 amide bonds. The molecule has 1 atom stereocenters. The molecule has 0 fully saturated rings. The van der Waals surface area contributed by atoms with E-state index in [1.54, 1.807) is 32.2 Å². The Morgan fingerprint density at radius 1 is 1.28 bits per heavy atom. The molecule has 0 aliphatic heterocycles. The number of amides is 2. The molecule has 0 radical (unpaired) electrons. The third kappa shape index (κ3) is 5.06. The fraction of sp³-hybridized carbons (Fsp3) is 0.389. The first-order valence-corrected chi connectivity index (χ1v) is 8.39. The van der Waals surface area contributed by atoms with Crippen LogP contribution < -0.4 is 5.32 Å². The van der Waals surface area contributed by atoms with Crippen molar-refractivity contribution in [1.82, 2.24) is 10.1 Å². The van der Waals surface area contributed by atoms with Crippen LogP contribution in [0.25, 0.3) is 0 Å². The monoisotopic (exact) mass is 363 g/mol. The highest BCUT2D eigenvalue weighted by Gasteiger charge is 2.28. The highest BCUT2D eigenvalue weighted by Crippen LogP contribution is 2.27. The van der Waals surface area contributed by atoms with Gasteiger partial charge in [-0.15, -0.1) is 0 Å². The van der Waals surface area contributed by atoms with E-state index < -0.39 is 0 Å². The zero-order valence-electron chi connectivity index (χ0n) is 14.7. The fourth-order valence-electron chi connectivity index (χ4n) is 2.62. The number of aryl methyl sites for hydroxylation is 1. The van der Waals surface area contributed by atoms with Gasteiger partial charge in [0.25, 0.3) is 0 Å². The molecule has 1 heterocycles. The number of benzene rings is 1. The van der Waals surface area contributed by atoms with Crippen molar-refractivity contribution < 1.29 is 14.1 Å². The molecule has 0 unspecified atom stereocenters. The SMILES string of the molecule is Cc1cc(NC(=O)CN(C)C(=O)[C@H](c2ccc(Cl)cc2)C(C)C)no1. The van der Waals surface area contributed by atoms with Crippen LogP contribution in [0.1, 0.15) is 31.1 Å². The standard InChI is InChI=1S/C18H22ClN3O3/c1-11(2)17(13-5-7-14(19)8-6-13)18(24)22(4)10-16(23)20-15-9-12(3)25-21-15/h5-9,11,17H,10H2,1-4H3,(H,20,21,23)/t17-/m0/s1. The molecular weight excluding hydrogens is 342 g/mol. The van der Waals surface area contributed by atoms with Crippen LogP contribution in [0.15, 0.2) is 34.9 Å². The normalized spacial score (nSPS) is 12.1. The summed E-state index contributed by atoms with van der Waals surface area (Å²) in [5, 5.41) is 6.93. The van der Waals surface area contributed by atoms with E-state index in [1.807, 2.05) is 26.0 Å². The van der Waals surface area contributed by atoms with Gasteiger partial charge in [-0.1, -0.05) is 42.7 Å². The Kier molecular flexibility index (Phi) is 6.20. The molecule has 25 heavy (non-hydrogen) atoms. The summed E-state index contributed by atoms with van der Waals surface area (Å²) in [4.78, 5) is 26.4. The van der Waals surface area contributed by atoms with Crippen molar-refractivity contribution in [2.45, 2.75) is 26.7 Å². The second kappa shape index (κ2) is 8.16. The second-order valence-corrected chi connectivity index (χ2v) is 6.77. The molecule has 0 aliphatic carbocycles. The van der Waals surface area contributed by atoms with Gasteiger partial charge in [0.05, 0.1) is 12.5 Å². The second-order valence-electron chi connectivity index (χ2n) is 6.34. The van der Waals surface area contributed by atoms with E-state index in [9.17, 15) is 9.59 Å². The van der Waals surface area contributed by atoms with Gasteiger partial charge < -0.3 is 14.7 Å². The zero-order valence-corrected chi connectivity index (χ0v) is 15.5. The summed E-state index contributed by atoms with van der Waals surface area (Å²) in [6.45, 7) is 5.62. The Morgan fingerprint density at radius 3 is 2.44 bits per heavy atom. The molecular formula is C18H22ClN3O3. The fourth-order valence-corrected chi connectivity index (χ4v) is 2.75. The minimum absolute atomic E-state index is 0.0679. The summed E-state index contributed by atoms with van der Waals surface area (Å²) in [6.07, 6.45) is 0. The molecule has 0 saturated carbocycles. The number of hydrogen-bond donors (Lipinski definition) is 1. The summed E-state index contributed by atoms with van der Waals surface area (Å²) >= 11 is 5.92. The smallest absolute Gasteiger partial charge is 0.245 e. The van der Waals surface area contributed by atoms with E-state index in [-0.39, 0.29) is 30.2 Å². The van der Waals surface area contributed by atoms with Crippen molar-refractivity contribution in [2.75, 3.05) is 18.9 Å². The Morgan fingerprint density at radius 2 is 1.92 bits per heavy atom. The van der Waals surface area contributed by atoms with Gasteiger partial charge >= 0.3 is 0 Å². The lowest BCUT2D eigenvalue weighted by Gasteiger charge is -2.26. The zero-order chi connectivity index (χ0) is 18.6. The Hall–Kier alpha value is -2.34. The molecule has 0 saturated heterocycles. The first-order chi connectivity index (χ1) is 11.8. The van der Waals surface area contributed by atoms with Crippen molar-refractivity contribution in [2.24, 2.45) is 5.92 Å². The minimum Gasteiger partial charge on any atom is -0.360 e. The lowest BCUT2D eigenvalue weighted by atomic mass is 9.87. The highest BCUT2D eigenvalue weighted by molar-refractivity contribution is 6.30. The first-order valence-electron chi connectivity index (χ1n) is 8.01. The summed E-state index contributed by atoms with van der Waals surface area (Å²) < 4.78 is 4.90. The van der Waals surface area contributed by atoms with Crippen LogP contribution in [0.4, 0.5) is 5.82 Å². The van der Waals surface area contributed by atoms with Crippen LogP contribution in [-0.2, 0) is 9.59 Å². The van der Waals surface area contributed by atoms with Crippen LogP contribution in [0.3, 0.4) is 0 Å². The number of carbonyl (C=O) groups is 2. The molecule has 2 aromatic rings. The van der Waals surface area contributed by atoms with Crippen molar-refractivity contribution in [3.8, 4) is 0 Å². The molecule has 0 spiro atoms.